The van der Waals surface area contributed by atoms with E-state index < -0.39 is 0 Å². The topological polar surface area (TPSA) is 65.5 Å². The molecule has 0 radical (unpaired) electrons. The maximum absolute atomic E-state index is 12.5. The molecule has 0 saturated carbocycles. The third-order valence-corrected chi connectivity index (χ3v) is 5.79. The first-order valence-electron chi connectivity index (χ1n) is 7.81. The molecule has 5 nitrogen and oxygen atoms in total. The first kappa shape index (κ1) is 14.0. The van der Waals surface area contributed by atoms with E-state index in [0.29, 0.717) is 10.6 Å². The Morgan fingerprint density at radius 3 is 3.23 bits per heavy atom. The lowest BCUT2D eigenvalue weighted by atomic mass is 9.85. The van der Waals surface area contributed by atoms with E-state index in [1.807, 2.05) is 11.4 Å². The summed E-state index contributed by atoms with van der Waals surface area (Å²) in [6.07, 6.45) is 4.86. The Bertz CT molecular complexity index is 714. The van der Waals surface area contributed by atoms with Crippen LogP contribution in [0.15, 0.2) is 17.6 Å². The van der Waals surface area contributed by atoms with Gasteiger partial charge in [-0.15, -0.1) is 11.3 Å². The highest BCUT2D eigenvalue weighted by atomic mass is 32.1. The fraction of sp³-hybridized carbons (Fsp3) is 0.500. The minimum Gasteiger partial charge on any atom is -0.505 e. The highest BCUT2D eigenvalue weighted by molar-refractivity contribution is 7.17. The van der Waals surface area contributed by atoms with Gasteiger partial charge in [0.1, 0.15) is 11.3 Å². The van der Waals surface area contributed by atoms with Crippen LogP contribution >= 0.6 is 11.3 Å². The van der Waals surface area contributed by atoms with Gasteiger partial charge in [0.2, 0.25) is 0 Å². The SMILES string of the molecule is O=C(NC1CCN2CCCC1C2)c1cnc2ccsc2c1O. The Labute approximate surface area is 133 Å². The summed E-state index contributed by atoms with van der Waals surface area (Å²) < 4.78 is 0.681. The number of thiophene rings is 1. The van der Waals surface area contributed by atoms with E-state index in [-0.39, 0.29) is 23.3 Å². The van der Waals surface area contributed by atoms with Crippen molar-refractivity contribution >= 4 is 27.5 Å². The maximum Gasteiger partial charge on any atom is 0.256 e. The second-order valence-corrected chi connectivity index (χ2v) is 7.14. The molecule has 0 aliphatic carbocycles. The van der Waals surface area contributed by atoms with Crippen molar-refractivity contribution in [2.45, 2.75) is 25.3 Å². The minimum absolute atomic E-state index is 0.0542. The average molecular weight is 317 g/mol. The number of nitrogens with zero attached hydrogens (tertiary/aromatic N) is 2. The molecule has 2 saturated heterocycles. The van der Waals surface area contributed by atoms with Crippen LogP contribution in [0.3, 0.4) is 0 Å². The van der Waals surface area contributed by atoms with Crippen molar-refractivity contribution in [2.24, 2.45) is 5.92 Å². The summed E-state index contributed by atoms with van der Waals surface area (Å²) in [4.78, 5) is 19.3. The molecule has 2 aromatic rings. The molecule has 2 bridgehead atoms. The number of piperidine rings is 2. The molecular formula is C16H19N3O2S. The van der Waals surface area contributed by atoms with Gasteiger partial charge in [0.25, 0.3) is 5.91 Å². The first-order chi connectivity index (χ1) is 10.7. The number of rotatable bonds is 2. The minimum atomic E-state index is -0.204. The lowest BCUT2D eigenvalue weighted by molar-refractivity contribution is 0.0737. The molecule has 22 heavy (non-hydrogen) atoms. The molecule has 4 rings (SSSR count). The number of carbonyl (C=O) groups excluding carboxylic acids is 1. The lowest BCUT2D eigenvalue weighted by Gasteiger charge is -2.42. The van der Waals surface area contributed by atoms with E-state index in [2.05, 4.69) is 15.2 Å². The van der Waals surface area contributed by atoms with Crippen LogP contribution in [0.5, 0.6) is 5.75 Å². The largest absolute Gasteiger partial charge is 0.505 e. The van der Waals surface area contributed by atoms with Gasteiger partial charge in [-0.1, -0.05) is 0 Å². The summed E-state index contributed by atoms with van der Waals surface area (Å²) >= 11 is 1.41. The van der Waals surface area contributed by atoms with Gasteiger partial charge < -0.3 is 15.3 Å². The zero-order chi connectivity index (χ0) is 15.1. The van der Waals surface area contributed by atoms with Crippen LogP contribution in [0.4, 0.5) is 0 Å². The van der Waals surface area contributed by atoms with E-state index in [1.165, 1.54) is 36.9 Å². The number of nitrogens with one attached hydrogen (secondary N) is 1. The van der Waals surface area contributed by atoms with Crippen molar-refractivity contribution in [1.29, 1.82) is 0 Å². The van der Waals surface area contributed by atoms with Gasteiger partial charge in [-0.3, -0.25) is 9.78 Å². The molecule has 2 aliphatic rings. The van der Waals surface area contributed by atoms with Crippen molar-refractivity contribution in [3.05, 3.63) is 23.2 Å². The molecule has 0 spiro atoms. The Hall–Kier alpha value is -1.66. The highest BCUT2D eigenvalue weighted by Crippen LogP contribution is 2.32. The van der Waals surface area contributed by atoms with Gasteiger partial charge >= 0.3 is 0 Å². The third-order valence-electron chi connectivity index (χ3n) is 4.88. The fourth-order valence-corrected chi connectivity index (χ4v) is 4.48. The summed E-state index contributed by atoms with van der Waals surface area (Å²) in [6.45, 7) is 3.33. The second-order valence-electron chi connectivity index (χ2n) is 6.23. The lowest BCUT2D eigenvalue weighted by Crippen LogP contribution is -2.53. The molecule has 4 heterocycles. The van der Waals surface area contributed by atoms with Gasteiger partial charge in [-0.05, 0) is 43.2 Å². The van der Waals surface area contributed by atoms with Gasteiger partial charge in [0.15, 0.2) is 0 Å². The van der Waals surface area contributed by atoms with Gasteiger partial charge in [-0.2, -0.15) is 0 Å². The molecule has 2 N–H and O–H groups in total. The van der Waals surface area contributed by atoms with Crippen molar-refractivity contribution in [1.82, 2.24) is 15.2 Å². The maximum atomic E-state index is 12.5. The first-order valence-corrected chi connectivity index (χ1v) is 8.69. The number of hydrogen-bond acceptors (Lipinski definition) is 5. The van der Waals surface area contributed by atoms with Crippen LogP contribution in [-0.2, 0) is 0 Å². The zero-order valence-electron chi connectivity index (χ0n) is 12.3. The quantitative estimate of drug-likeness (QED) is 0.891. The predicted octanol–water partition coefficient (Wildman–Crippen LogP) is 2.22. The standard InChI is InChI=1S/C16H19N3O2S/c20-14-11(8-17-13-4-7-22-15(13)14)16(21)18-12-3-6-19-5-1-2-10(12)9-19/h4,7-8,10,12H,1-3,5-6,9H2,(H,17,20)(H,18,21). The normalized spacial score (nSPS) is 27.7. The summed E-state index contributed by atoms with van der Waals surface area (Å²) in [5.74, 6) is 0.384. The monoisotopic (exact) mass is 317 g/mol. The number of pyridine rings is 1. The van der Waals surface area contributed by atoms with Crippen molar-refractivity contribution in [3.63, 3.8) is 0 Å². The molecule has 0 aromatic carbocycles. The van der Waals surface area contributed by atoms with Gasteiger partial charge in [0, 0.05) is 25.3 Å². The molecular weight excluding hydrogens is 298 g/mol. The van der Waals surface area contributed by atoms with Crippen molar-refractivity contribution < 1.29 is 9.90 Å². The fourth-order valence-electron chi connectivity index (χ4n) is 3.68. The summed E-state index contributed by atoms with van der Waals surface area (Å²) in [5.41, 5.74) is 1.02. The van der Waals surface area contributed by atoms with E-state index in [4.69, 9.17) is 0 Å². The van der Waals surface area contributed by atoms with Crippen LogP contribution in [0.25, 0.3) is 10.2 Å². The van der Waals surface area contributed by atoms with Crippen molar-refractivity contribution in [2.75, 3.05) is 19.6 Å². The van der Waals surface area contributed by atoms with Crippen LogP contribution in [0.1, 0.15) is 29.6 Å². The molecule has 6 heteroatoms. The number of amides is 1. The summed E-state index contributed by atoms with van der Waals surface area (Å²) in [5, 5.41) is 15.3. The highest BCUT2D eigenvalue weighted by Gasteiger charge is 2.33. The van der Waals surface area contributed by atoms with Crippen LogP contribution in [0.2, 0.25) is 0 Å². The summed E-state index contributed by atoms with van der Waals surface area (Å²) in [7, 11) is 0. The Balaban J connectivity index is 1.54. The van der Waals surface area contributed by atoms with Crippen LogP contribution < -0.4 is 5.32 Å². The number of aromatic hydroxyl groups is 1. The number of carbonyl (C=O) groups is 1. The second kappa shape index (κ2) is 5.52. The Morgan fingerprint density at radius 2 is 2.32 bits per heavy atom. The van der Waals surface area contributed by atoms with Crippen molar-refractivity contribution in [3.8, 4) is 5.75 Å². The Morgan fingerprint density at radius 1 is 1.41 bits per heavy atom. The molecule has 3 unspecified atom stereocenters. The van der Waals surface area contributed by atoms with E-state index in [1.54, 1.807) is 0 Å². The number of hydrogen-bond donors (Lipinski definition) is 2. The zero-order valence-corrected chi connectivity index (χ0v) is 13.1. The molecule has 1 amide bonds. The van der Waals surface area contributed by atoms with Crippen LogP contribution in [-0.4, -0.2) is 46.6 Å². The molecule has 2 fully saturated rings. The average Bonchev–Trinajstić information content (AvgIpc) is 3.00. The molecule has 2 aliphatic heterocycles. The van der Waals surface area contributed by atoms with E-state index in [0.717, 1.165) is 25.0 Å². The molecule has 116 valence electrons. The Kier molecular flexibility index (Phi) is 3.50. The predicted molar refractivity (Wildman–Crippen MR) is 86.3 cm³/mol. The van der Waals surface area contributed by atoms with E-state index in [9.17, 15) is 9.90 Å². The third kappa shape index (κ3) is 2.36. The summed E-state index contributed by atoms with van der Waals surface area (Å²) in [6, 6.07) is 2.06. The molecule has 2 aromatic heterocycles. The smallest absolute Gasteiger partial charge is 0.256 e. The van der Waals surface area contributed by atoms with Crippen LogP contribution in [0, 0.1) is 5.92 Å². The van der Waals surface area contributed by atoms with E-state index >= 15 is 0 Å². The number of fused-ring (bicyclic) bond motifs is 3. The molecule has 3 atom stereocenters. The van der Waals surface area contributed by atoms with Gasteiger partial charge in [-0.25, -0.2) is 0 Å². The van der Waals surface area contributed by atoms with Gasteiger partial charge in [0.05, 0.1) is 10.2 Å². The number of aromatic nitrogens is 1.